The number of rotatable bonds is 5. The number of carbonyl (C=O) groups is 2. The molecule has 3 aromatic rings. The molecule has 0 saturated carbocycles. The van der Waals surface area contributed by atoms with Gasteiger partial charge in [-0.25, -0.2) is 4.79 Å². The Bertz CT molecular complexity index is 1170. The number of amides is 1. The number of fused-ring (bicyclic) bond motifs is 2. The van der Waals surface area contributed by atoms with Gasteiger partial charge in [-0.2, -0.15) is 0 Å². The molecule has 1 atom stereocenters. The number of nitrogens with zero attached hydrogens (tertiary/aromatic N) is 2. The third kappa shape index (κ3) is 3.72. The molecule has 0 radical (unpaired) electrons. The lowest BCUT2D eigenvalue weighted by molar-refractivity contribution is 0.0600. The van der Waals surface area contributed by atoms with Crippen LogP contribution in [0.25, 0.3) is 11.3 Å². The van der Waals surface area contributed by atoms with Crippen LogP contribution in [0.3, 0.4) is 0 Å². The molecule has 1 aromatic carbocycles. The van der Waals surface area contributed by atoms with Crippen LogP contribution in [0.1, 0.15) is 50.6 Å². The SMILES string of the molecule is COC(=O)c1ccc(-c2cccc3c2O[C@@H](CNC(=O)c2noc4c2CCCC4)C3)nc1. The molecule has 2 aromatic heterocycles. The number of esters is 1. The minimum absolute atomic E-state index is 0.188. The van der Waals surface area contributed by atoms with Crippen LogP contribution in [0.15, 0.2) is 41.1 Å². The molecule has 2 aliphatic rings. The molecular weight excluding hydrogens is 410 g/mol. The number of hydrogen-bond donors (Lipinski definition) is 1. The fourth-order valence-corrected chi connectivity index (χ4v) is 4.30. The number of carbonyl (C=O) groups excluding carboxylic acids is 2. The Labute approximate surface area is 184 Å². The maximum Gasteiger partial charge on any atom is 0.339 e. The van der Waals surface area contributed by atoms with E-state index in [1.165, 1.54) is 13.3 Å². The summed E-state index contributed by atoms with van der Waals surface area (Å²) >= 11 is 0. The summed E-state index contributed by atoms with van der Waals surface area (Å²) in [6.45, 7) is 0.364. The van der Waals surface area contributed by atoms with Gasteiger partial charge in [0.05, 0.1) is 24.9 Å². The predicted octanol–water partition coefficient (Wildman–Crippen LogP) is 3.14. The Morgan fingerprint density at radius 1 is 1.19 bits per heavy atom. The van der Waals surface area contributed by atoms with Crippen LogP contribution in [0.4, 0.5) is 0 Å². The molecule has 0 spiro atoms. The topological polar surface area (TPSA) is 104 Å². The fraction of sp³-hybridized carbons (Fsp3) is 0.333. The first-order valence-corrected chi connectivity index (χ1v) is 10.7. The summed E-state index contributed by atoms with van der Waals surface area (Å²) in [4.78, 5) is 28.7. The summed E-state index contributed by atoms with van der Waals surface area (Å²) in [7, 11) is 1.34. The minimum Gasteiger partial charge on any atom is -0.487 e. The quantitative estimate of drug-likeness (QED) is 0.617. The van der Waals surface area contributed by atoms with Gasteiger partial charge in [0.1, 0.15) is 17.6 Å². The van der Waals surface area contributed by atoms with E-state index in [1.807, 2.05) is 18.2 Å². The van der Waals surface area contributed by atoms with E-state index < -0.39 is 5.97 Å². The van der Waals surface area contributed by atoms with Gasteiger partial charge in [-0.3, -0.25) is 9.78 Å². The van der Waals surface area contributed by atoms with Gasteiger partial charge in [-0.05, 0) is 43.0 Å². The number of benzene rings is 1. The molecule has 0 saturated heterocycles. The second-order valence-electron chi connectivity index (χ2n) is 8.01. The lowest BCUT2D eigenvalue weighted by atomic mass is 9.96. The van der Waals surface area contributed by atoms with Crippen molar-refractivity contribution >= 4 is 11.9 Å². The number of aryl methyl sites for hydroxylation is 1. The highest BCUT2D eigenvalue weighted by Crippen LogP contribution is 2.38. The van der Waals surface area contributed by atoms with E-state index >= 15 is 0 Å². The Kier molecular flexibility index (Phi) is 5.34. The van der Waals surface area contributed by atoms with Crippen molar-refractivity contribution in [2.75, 3.05) is 13.7 Å². The summed E-state index contributed by atoms with van der Waals surface area (Å²) in [5.41, 5.74) is 4.32. The van der Waals surface area contributed by atoms with Gasteiger partial charge in [0, 0.05) is 30.2 Å². The molecule has 0 bridgehead atoms. The Morgan fingerprint density at radius 3 is 2.88 bits per heavy atom. The molecule has 8 nitrogen and oxygen atoms in total. The van der Waals surface area contributed by atoms with Gasteiger partial charge < -0.3 is 19.3 Å². The highest BCUT2D eigenvalue weighted by Gasteiger charge is 2.28. The minimum atomic E-state index is -0.428. The van der Waals surface area contributed by atoms with Crippen molar-refractivity contribution in [1.82, 2.24) is 15.5 Å². The zero-order valence-electron chi connectivity index (χ0n) is 17.7. The first-order valence-electron chi connectivity index (χ1n) is 10.7. The summed E-state index contributed by atoms with van der Waals surface area (Å²) in [5.74, 6) is 0.935. The third-order valence-corrected chi connectivity index (χ3v) is 5.94. The number of nitrogens with one attached hydrogen (secondary N) is 1. The normalized spacial score (nSPS) is 16.6. The molecule has 8 heteroatoms. The summed E-state index contributed by atoms with van der Waals surface area (Å²) in [5, 5.41) is 6.94. The Balaban J connectivity index is 1.27. The maximum atomic E-state index is 12.7. The van der Waals surface area contributed by atoms with Crippen molar-refractivity contribution in [3.63, 3.8) is 0 Å². The monoisotopic (exact) mass is 433 g/mol. The number of pyridine rings is 1. The largest absolute Gasteiger partial charge is 0.487 e. The molecule has 0 fully saturated rings. The third-order valence-electron chi connectivity index (χ3n) is 5.94. The lowest BCUT2D eigenvalue weighted by Gasteiger charge is -2.14. The summed E-state index contributed by atoms with van der Waals surface area (Å²) in [6.07, 6.45) is 5.78. The smallest absolute Gasteiger partial charge is 0.339 e. The number of ether oxygens (including phenoxy) is 2. The van der Waals surface area contributed by atoms with Crippen LogP contribution in [-0.4, -0.2) is 41.8 Å². The van der Waals surface area contributed by atoms with Crippen molar-refractivity contribution < 1.29 is 23.6 Å². The average Bonchev–Trinajstić information content (AvgIpc) is 3.46. The van der Waals surface area contributed by atoms with Crippen LogP contribution in [-0.2, 0) is 24.0 Å². The zero-order valence-corrected chi connectivity index (χ0v) is 17.7. The zero-order chi connectivity index (χ0) is 22.1. The second kappa shape index (κ2) is 8.45. The van der Waals surface area contributed by atoms with E-state index in [2.05, 4.69) is 15.5 Å². The number of hydrogen-bond acceptors (Lipinski definition) is 7. The first kappa shape index (κ1) is 20.2. The standard InChI is InChI=1S/C24H23N3O5/c1-30-24(29)15-9-10-19(25-12-15)17-7-4-5-14-11-16(31-22(14)17)13-26-23(28)21-18-6-2-3-8-20(18)32-27-21/h4-5,7,9-10,12,16H,2-3,6,8,11,13H2,1H3,(H,26,28)/t16-/m1/s1. The molecule has 1 N–H and O–H groups in total. The first-order chi connectivity index (χ1) is 15.6. The van der Waals surface area contributed by atoms with Gasteiger partial charge in [0.2, 0.25) is 0 Å². The van der Waals surface area contributed by atoms with Crippen LogP contribution >= 0.6 is 0 Å². The van der Waals surface area contributed by atoms with Crippen LogP contribution in [0.5, 0.6) is 5.75 Å². The lowest BCUT2D eigenvalue weighted by Crippen LogP contribution is -2.35. The molecule has 5 rings (SSSR count). The van der Waals surface area contributed by atoms with Gasteiger partial charge in [0.25, 0.3) is 5.91 Å². The molecule has 1 aliphatic heterocycles. The van der Waals surface area contributed by atoms with E-state index in [4.69, 9.17) is 14.0 Å². The van der Waals surface area contributed by atoms with E-state index in [9.17, 15) is 9.59 Å². The van der Waals surface area contributed by atoms with E-state index in [0.717, 1.165) is 53.9 Å². The average molecular weight is 433 g/mol. The van der Waals surface area contributed by atoms with Crippen molar-refractivity contribution in [3.05, 3.63) is 64.7 Å². The maximum absolute atomic E-state index is 12.7. The predicted molar refractivity (Wildman–Crippen MR) is 115 cm³/mol. The highest BCUT2D eigenvalue weighted by atomic mass is 16.5. The second-order valence-corrected chi connectivity index (χ2v) is 8.01. The van der Waals surface area contributed by atoms with Crippen molar-refractivity contribution in [1.29, 1.82) is 0 Å². The molecule has 32 heavy (non-hydrogen) atoms. The molecule has 164 valence electrons. The Hall–Kier alpha value is -3.68. The van der Waals surface area contributed by atoms with Gasteiger partial charge in [-0.15, -0.1) is 0 Å². The van der Waals surface area contributed by atoms with Gasteiger partial charge >= 0.3 is 5.97 Å². The van der Waals surface area contributed by atoms with Crippen LogP contribution < -0.4 is 10.1 Å². The molecule has 1 aliphatic carbocycles. The molecule has 1 amide bonds. The van der Waals surface area contributed by atoms with Crippen molar-refractivity contribution in [3.8, 4) is 17.0 Å². The highest BCUT2D eigenvalue weighted by molar-refractivity contribution is 5.94. The van der Waals surface area contributed by atoms with Gasteiger partial charge in [-0.1, -0.05) is 17.3 Å². The summed E-state index contributed by atoms with van der Waals surface area (Å²) in [6, 6.07) is 9.35. The van der Waals surface area contributed by atoms with E-state index in [0.29, 0.717) is 29.9 Å². The van der Waals surface area contributed by atoms with Gasteiger partial charge in [0.15, 0.2) is 5.69 Å². The van der Waals surface area contributed by atoms with Crippen molar-refractivity contribution in [2.45, 2.75) is 38.2 Å². The molecule has 0 unspecified atom stereocenters. The number of methoxy groups -OCH3 is 1. The van der Waals surface area contributed by atoms with Crippen LogP contribution in [0, 0.1) is 0 Å². The van der Waals surface area contributed by atoms with Crippen molar-refractivity contribution in [2.24, 2.45) is 0 Å². The number of para-hydroxylation sites is 1. The van der Waals surface area contributed by atoms with E-state index in [-0.39, 0.29) is 12.0 Å². The van der Waals surface area contributed by atoms with Crippen LogP contribution in [0.2, 0.25) is 0 Å². The molecule has 3 heterocycles. The molecular formula is C24H23N3O5. The fourth-order valence-electron chi connectivity index (χ4n) is 4.30. The van der Waals surface area contributed by atoms with E-state index in [1.54, 1.807) is 12.1 Å². The Morgan fingerprint density at radius 2 is 2.06 bits per heavy atom. The number of aromatic nitrogens is 2. The summed E-state index contributed by atoms with van der Waals surface area (Å²) < 4.78 is 16.3.